The molecule has 0 spiro atoms. The molecule has 1 fully saturated rings. The molecule has 0 bridgehead atoms. The molecule has 30 heavy (non-hydrogen) atoms. The van der Waals surface area contributed by atoms with E-state index in [1.165, 1.54) is 0 Å². The minimum Gasteiger partial charge on any atom is -0.492 e. The first-order valence-electron chi connectivity index (χ1n) is 11.1. The van der Waals surface area contributed by atoms with Crippen LogP contribution in [-0.2, 0) is 11.3 Å². The van der Waals surface area contributed by atoms with Gasteiger partial charge in [0.15, 0.2) is 5.96 Å². The maximum absolute atomic E-state index is 5.97. The average molecular weight is 420 g/mol. The number of hydrogen-bond donors (Lipinski definition) is 2. The molecule has 0 aromatic heterocycles. The summed E-state index contributed by atoms with van der Waals surface area (Å²) < 4.78 is 11.5. The molecule has 1 saturated heterocycles. The zero-order valence-corrected chi connectivity index (χ0v) is 19.5. The van der Waals surface area contributed by atoms with E-state index in [4.69, 9.17) is 9.47 Å². The fourth-order valence-electron chi connectivity index (χ4n) is 3.59. The molecule has 7 heteroatoms. The van der Waals surface area contributed by atoms with E-state index in [1.54, 1.807) is 0 Å². The zero-order chi connectivity index (χ0) is 21.8. The Balaban J connectivity index is 1.87. The summed E-state index contributed by atoms with van der Waals surface area (Å²) in [5.74, 6) is 2.40. The number of benzene rings is 1. The number of nitrogens with one attached hydrogen (secondary N) is 2. The lowest BCUT2D eigenvalue weighted by atomic mass is 10.0. The van der Waals surface area contributed by atoms with E-state index >= 15 is 0 Å². The molecular formula is C23H41N5O2. The molecular weight excluding hydrogens is 378 g/mol. The minimum absolute atomic E-state index is 0.481. The third-order valence-electron chi connectivity index (χ3n) is 5.25. The van der Waals surface area contributed by atoms with Gasteiger partial charge in [-0.3, -0.25) is 9.89 Å². The number of ether oxygens (including phenoxy) is 2. The first kappa shape index (κ1) is 24.4. The monoisotopic (exact) mass is 419 g/mol. The summed E-state index contributed by atoms with van der Waals surface area (Å²) in [6.45, 7) is 11.3. The normalized spacial score (nSPS) is 16.7. The lowest BCUT2D eigenvalue weighted by Crippen LogP contribution is -2.51. The maximum atomic E-state index is 5.97. The third-order valence-corrected chi connectivity index (χ3v) is 5.25. The average Bonchev–Trinajstić information content (AvgIpc) is 2.74. The summed E-state index contributed by atoms with van der Waals surface area (Å²) in [5.41, 5.74) is 1.13. The second-order valence-electron chi connectivity index (χ2n) is 8.50. The van der Waals surface area contributed by atoms with Crippen LogP contribution in [0.25, 0.3) is 0 Å². The molecule has 7 nitrogen and oxygen atoms in total. The van der Waals surface area contributed by atoms with E-state index in [2.05, 4.69) is 59.4 Å². The van der Waals surface area contributed by atoms with Crippen LogP contribution in [0, 0.1) is 5.92 Å². The number of hydrogen-bond acceptors (Lipinski definition) is 5. The van der Waals surface area contributed by atoms with Crippen molar-refractivity contribution >= 4 is 5.96 Å². The standard InChI is InChI=1S/C23H41N5O2/c1-19(2)16-21(28-11-13-29-14-12-28)18-26-23(24-3)25-17-20-8-6-7-9-22(20)30-15-10-27(4)5/h6-9,19,21H,10-18H2,1-5H3,(H2,24,25,26). The molecule has 1 aliphatic heterocycles. The first-order chi connectivity index (χ1) is 14.5. The Kier molecular flexibility index (Phi) is 11.0. The largest absolute Gasteiger partial charge is 0.492 e. The van der Waals surface area contributed by atoms with Gasteiger partial charge in [0.2, 0.25) is 0 Å². The molecule has 1 heterocycles. The number of para-hydroxylation sites is 1. The van der Waals surface area contributed by atoms with Crippen LogP contribution in [0.3, 0.4) is 0 Å². The van der Waals surface area contributed by atoms with Crippen molar-refractivity contribution in [3.63, 3.8) is 0 Å². The van der Waals surface area contributed by atoms with Crippen LogP contribution in [-0.4, -0.2) is 88.9 Å². The summed E-state index contributed by atoms with van der Waals surface area (Å²) in [6, 6.07) is 8.67. The van der Waals surface area contributed by atoms with Gasteiger partial charge in [-0.1, -0.05) is 32.0 Å². The van der Waals surface area contributed by atoms with Crippen molar-refractivity contribution < 1.29 is 9.47 Å². The third kappa shape index (κ3) is 8.90. The molecule has 2 N–H and O–H groups in total. The molecule has 1 aliphatic rings. The number of likely N-dealkylation sites (N-methyl/N-ethyl adjacent to an activating group) is 1. The molecule has 1 aromatic rings. The summed E-state index contributed by atoms with van der Waals surface area (Å²) in [7, 11) is 5.92. The summed E-state index contributed by atoms with van der Waals surface area (Å²) in [5, 5.41) is 6.97. The molecule has 0 radical (unpaired) electrons. The highest BCUT2D eigenvalue weighted by Crippen LogP contribution is 2.17. The summed E-state index contributed by atoms with van der Waals surface area (Å²) in [4.78, 5) is 9.08. The van der Waals surface area contributed by atoms with E-state index in [0.717, 1.165) is 63.1 Å². The van der Waals surface area contributed by atoms with Crippen molar-refractivity contribution in [1.82, 2.24) is 20.4 Å². The van der Waals surface area contributed by atoms with Crippen LogP contribution in [0.5, 0.6) is 5.75 Å². The Hall–Kier alpha value is -1.83. The number of morpholine rings is 1. The van der Waals surface area contributed by atoms with Crippen molar-refractivity contribution in [3.8, 4) is 5.75 Å². The fraction of sp³-hybridized carbons (Fsp3) is 0.696. The van der Waals surface area contributed by atoms with Crippen LogP contribution >= 0.6 is 0 Å². The minimum atomic E-state index is 0.481. The number of guanidine groups is 1. The quantitative estimate of drug-likeness (QED) is 0.423. The number of aliphatic imine (C=N–C) groups is 1. The summed E-state index contributed by atoms with van der Waals surface area (Å²) >= 11 is 0. The van der Waals surface area contributed by atoms with Crippen molar-refractivity contribution in [1.29, 1.82) is 0 Å². The molecule has 170 valence electrons. The van der Waals surface area contributed by atoms with Gasteiger partial charge in [0.1, 0.15) is 12.4 Å². The first-order valence-corrected chi connectivity index (χ1v) is 11.1. The van der Waals surface area contributed by atoms with Crippen LogP contribution < -0.4 is 15.4 Å². The molecule has 0 aliphatic carbocycles. The lowest BCUT2D eigenvalue weighted by molar-refractivity contribution is 0.0132. The van der Waals surface area contributed by atoms with Gasteiger partial charge in [-0.05, 0) is 32.5 Å². The van der Waals surface area contributed by atoms with E-state index in [0.29, 0.717) is 25.1 Å². The van der Waals surface area contributed by atoms with Gasteiger partial charge in [-0.25, -0.2) is 0 Å². The van der Waals surface area contributed by atoms with Gasteiger partial charge < -0.3 is 25.0 Å². The molecule has 1 aromatic carbocycles. The van der Waals surface area contributed by atoms with Crippen molar-refractivity contribution in [2.75, 3.05) is 67.1 Å². The predicted molar refractivity (Wildman–Crippen MR) is 124 cm³/mol. The predicted octanol–water partition coefficient (Wildman–Crippen LogP) is 2.04. The van der Waals surface area contributed by atoms with E-state index in [1.807, 2.05) is 25.2 Å². The zero-order valence-electron chi connectivity index (χ0n) is 19.5. The van der Waals surface area contributed by atoms with Crippen LogP contribution in [0.1, 0.15) is 25.8 Å². The van der Waals surface area contributed by atoms with Crippen LogP contribution in [0.15, 0.2) is 29.3 Å². The van der Waals surface area contributed by atoms with Gasteiger partial charge in [0.25, 0.3) is 0 Å². The van der Waals surface area contributed by atoms with Crippen molar-refractivity contribution in [2.45, 2.75) is 32.9 Å². The second kappa shape index (κ2) is 13.5. The van der Waals surface area contributed by atoms with Gasteiger partial charge >= 0.3 is 0 Å². The SMILES string of the molecule is CN=C(NCc1ccccc1OCCN(C)C)NCC(CC(C)C)N1CCOCC1. The second-order valence-corrected chi connectivity index (χ2v) is 8.50. The van der Waals surface area contributed by atoms with E-state index in [-0.39, 0.29) is 0 Å². The van der Waals surface area contributed by atoms with Gasteiger partial charge in [-0.15, -0.1) is 0 Å². The van der Waals surface area contributed by atoms with Gasteiger partial charge in [0, 0.05) is 51.4 Å². The molecule has 0 saturated carbocycles. The molecule has 1 atom stereocenters. The molecule has 2 rings (SSSR count). The smallest absolute Gasteiger partial charge is 0.191 e. The molecule has 1 unspecified atom stereocenters. The highest BCUT2D eigenvalue weighted by Gasteiger charge is 2.22. The van der Waals surface area contributed by atoms with E-state index in [9.17, 15) is 0 Å². The highest BCUT2D eigenvalue weighted by molar-refractivity contribution is 5.79. The Morgan fingerprint density at radius 3 is 2.60 bits per heavy atom. The van der Waals surface area contributed by atoms with Crippen LogP contribution in [0.2, 0.25) is 0 Å². The van der Waals surface area contributed by atoms with E-state index < -0.39 is 0 Å². The Labute approximate surface area is 182 Å². The summed E-state index contributed by atoms with van der Waals surface area (Å²) in [6.07, 6.45) is 1.16. The fourth-order valence-corrected chi connectivity index (χ4v) is 3.59. The topological polar surface area (TPSA) is 61.4 Å². The van der Waals surface area contributed by atoms with Gasteiger partial charge in [-0.2, -0.15) is 0 Å². The van der Waals surface area contributed by atoms with Crippen LogP contribution in [0.4, 0.5) is 0 Å². The molecule has 0 amide bonds. The Morgan fingerprint density at radius 1 is 1.20 bits per heavy atom. The van der Waals surface area contributed by atoms with Crippen molar-refractivity contribution in [2.24, 2.45) is 10.9 Å². The van der Waals surface area contributed by atoms with Crippen molar-refractivity contribution in [3.05, 3.63) is 29.8 Å². The Bertz CT molecular complexity index is 630. The number of nitrogens with zero attached hydrogens (tertiary/aromatic N) is 3. The maximum Gasteiger partial charge on any atom is 0.191 e. The number of rotatable bonds is 11. The highest BCUT2D eigenvalue weighted by atomic mass is 16.5. The Morgan fingerprint density at radius 2 is 1.93 bits per heavy atom. The lowest BCUT2D eigenvalue weighted by Gasteiger charge is -2.35. The van der Waals surface area contributed by atoms with Gasteiger partial charge in [0.05, 0.1) is 13.2 Å².